The maximum Gasteiger partial charge on any atom is 0.306 e. The quantitative estimate of drug-likeness (QED) is 0.383. The molecule has 2 aromatic heterocycles. The van der Waals surface area contributed by atoms with Crippen molar-refractivity contribution in [2.24, 2.45) is 0 Å². The van der Waals surface area contributed by atoms with E-state index in [1.807, 2.05) is 31.2 Å². The molecular weight excluding hydrogens is 416 g/mol. The van der Waals surface area contributed by atoms with E-state index in [4.69, 9.17) is 13.9 Å². The first-order chi connectivity index (χ1) is 16.0. The van der Waals surface area contributed by atoms with Crippen LogP contribution in [0.15, 0.2) is 59.1 Å². The SMILES string of the molecule is COC(=O)CC1COc2cc(NCc3cccc(-c4c(C)oc5ncccc45)c3C)ccc21. The molecule has 1 aliphatic rings. The van der Waals surface area contributed by atoms with Crippen molar-refractivity contribution >= 4 is 22.8 Å². The van der Waals surface area contributed by atoms with E-state index in [2.05, 4.69) is 41.5 Å². The first-order valence-corrected chi connectivity index (χ1v) is 11.1. The van der Waals surface area contributed by atoms with Crippen LogP contribution in [-0.4, -0.2) is 24.7 Å². The molecule has 1 aliphatic heterocycles. The van der Waals surface area contributed by atoms with Gasteiger partial charge < -0.3 is 19.2 Å². The number of carbonyl (C=O) groups is 1. The minimum atomic E-state index is -0.217. The van der Waals surface area contributed by atoms with Crippen LogP contribution in [0.1, 0.15) is 34.8 Å². The lowest BCUT2D eigenvalue weighted by Gasteiger charge is -2.14. The first kappa shape index (κ1) is 21.1. The number of hydrogen-bond donors (Lipinski definition) is 1. The molecule has 1 N–H and O–H groups in total. The van der Waals surface area contributed by atoms with E-state index in [-0.39, 0.29) is 11.9 Å². The number of carbonyl (C=O) groups excluding carboxylic acids is 1. The summed E-state index contributed by atoms with van der Waals surface area (Å²) in [5.41, 5.74) is 7.36. The van der Waals surface area contributed by atoms with Crippen LogP contribution in [0.2, 0.25) is 0 Å². The van der Waals surface area contributed by atoms with Crippen molar-refractivity contribution in [1.29, 1.82) is 0 Å². The van der Waals surface area contributed by atoms with E-state index in [0.29, 0.717) is 25.3 Å². The highest BCUT2D eigenvalue weighted by Crippen LogP contribution is 2.39. The zero-order valence-corrected chi connectivity index (χ0v) is 19.0. The lowest BCUT2D eigenvalue weighted by atomic mass is 9.95. The van der Waals surface area contributed by atoms with Gasteiger partial charge in [-0.15, -0.1) is 0 Å². The van der Waals surface area contributed by atoms with Crippen LogP contribution in [0.5, 0.6) is 5.75 Å². The van der Waals surface area contributed by atoms with Gasteiger partial charge in [-0.3, -0.25) is 4.79 Å². The Kier molecular flexibility index (Phi) is 5.50. The van der Waals surface area contributed by atoms with Gasteiger partial charge in [0.05, 0.1) is 20.1 Å². The maximum absolute atomic E-state index is 11.6. The molecule has 6 heteroatoms. The molecule has 0 saturated carbocycles. The summed E-state index contributed by atoms with van der Waals surface area (Å²) in [6.07, 6.45) is 2.08. The third kappa shape index (κ3) is 3.93. The van der Waals surface area contributed by atoms with Crippen LogP contribution in [0.25, 0.3) is 22.2 Å². The Morgan fingerprint density at radius 1 is 1.18 bits per heavy atom. The van der Waals surface area contributed by atoms with Crippen LogP contribution in [0.4, 0.5) is 5.69 Å². The number of methoxy groups -OCH3 is 1. The number of benzene rings is 2. The highest BCUT2D eigenvalue weighted by atomic mass is 16.5. The van der Waals surface area contributed by atoms with Gasteiger partial charge in [0.25, 0.3) is 0 Å². The summed E-state index contributed by atoms with van der Waals surface area (Å²) in [5, 5.41) is 4.54. The molecule has 1 unspecified atom stereocenters. The fraction of sp³-hybridized carbons (Fsp3) is 0.259. The van der Waals surface area contributed by atoms with E-state index in [1.165, 1.54) is 18.2 Å². The van der Waals surface area contributed by atoms with Crippen molar-refractivity contribution in [1.82, 2.24) is 4.98 Å². The summed E-state index contributed by atoms with van der Waals surface area (Å²) >= 11 is 0. The van der Waals surface area contributed by atoms with Crippen LogP contribution in [0, 0.1) is 13.8 Å². The van der Waals surface area contributed by atoms with Crippen LogP contribution >= 0.6 is 0 Å². The van der Waals surface area contributed by atoms with Crippen LogP contribution in [-0.2, 0) is 16.1 Å². The van der Waals surface area contributed by atoms with Gasteiger partial charge in [-0.25, -0.2) is 4.98 Å². The standard InChI is InChI=1S/C27H26N2O4/c1-16-18(6-4-7-21(16)26-17(2)33-27-23(26)8-5-11-28-27)14-29-20-9-10-22-19(12-25(30)31-3)15-32-24(22)13-20/h4-11,13,19,29H,12,14-15H2,1-3H3. The Morgan fingerprint density at radius 3 is 2.91 bits per heavy atom. The molecule has 0 radical (unpaired) electrons. The maximum atomic E-state index is 11.6. The molecule has 0 bridgehead atoms. The van der Waals surface area contributed by atoms with E-state index in [9.17, 15) is 4.79 Å². The smallest absolute Gasteiger partial charge is 0.306 e. The van der Waals surface area contributed by atoms with E-state index >= 15 is 0 Å². The molecular formula is C27H26N2O4. The number of nitrogens with zero attached hydrogens (tertiary/aromatic N) is 1. The third-order valence-electron chi connectivity index (χ3n) is 6.37. The number of fused-ring (bicyclic) bond motifs is 2. The molecule has 0 spiro atoms. The summed E-state index contributed by atoms with van der Waals surface area (Å²) < 4.78 is 16.5. The summed E-state index contributed by atoms with van der Waals surface area (Å²) in [6, 6.07) is 16.4. The van der Waals surface area contributed by atoms with Crippen molar-refractivity contribution in [3.63, 3.8) is 0 Å². The first-order valence-electron chi connectivity index (χ1n) is 11.1. The Morgan fingerprint density at radius 2 is 2.06 bits per heavy atom. The number of ether oxygens (including phenoxy) is 2. The minimum Gasteiger partial charge on any atom is -0.493 e. The second-order valence-corrected chi connectivity index (χ2v) is 8.37. The zero-order valence-electron chi connectivity index (χ0n) is 19.0. The molecule has 6 nitrogen and oxygen atoms in total. The third-order valence-corrected chi connectivity index (χ3v) is 6.37. The number of hydrogen-bond acceptors (Lipinski definition) is 6. The summed E-state index contributed by atoms with van der Waals surface area (Å²) in [4.78, 5) is 16.0. The molecule has 33 heavy (non-hydrogen) atoms. The lowest BCUT2D eigenvalue weighted by molar-refractivity contribution is -0.141. The number of anilines is 1. The van der Waals surface area contributed by atoms with Gasteiger partial charge in [0.15, 0.2) is 0 Å². The second kappa shape index (κ2) is 8.62. The number of nitrogens with one attached hydrogen (secondary N) is 1. The number of aryl methyl sites for hydroxylation is 1. The highest BCUT2D eigenvalue weighted by molar-refractivity contribution is 5.94. The fourth-order valence-corrected chi connectivity index (χ4v) is 4.57. The predicted octanol–water partition coefficient (Wildman–Crippen LogP) is 5.76. The number of aromatic nitrogens is 1. The molecule has 0 fully saturated rings. The molecule has 1 atom stereocenters. The fourth-order valence-electron chi connectivity index (χ4n) is 4.57. The Bertz CT molecular complexity index is 1340. The van der Waals surface area contributed by atoms with Gasteiger partial charge in [0.2, 0.25) is 5.71 Å². The Balaban J connectivity index is 1.36. The molecule has 168 valence electrons. The Labute approximate surface area is 192 Å². The van der Waals surface area contributed by atoms with E-state index < -0.39 is 0 Å². The number of esters is 1. The molecule has 4 aromatic rings. The van der Waals surface area contributed by atoms with Crippen molar-refractivity contribution in [2.75, 3.05) is 19.0 Å². The monoisotopic (exact) mass is 442 g/mol. The van der Waals surface area contributed by atoms with Crippen molar-refractivity contribution in [3.8, 4) is 16.9 Å². The van der Waals surface area contributed by atoms with Crippen LogP contribution in [0.3, 0.4) is 0 Å². The van der Waals surface area contributed by atoms with Gasteiger partial charge in [-0.05, 0) is 48.7 Å². The second-order valence-electron chi connectivity index (χ2n) is 8.37. The molecule has 2 aromatic carbocycles. The van der Waals surface area contributed by atoms with Gasteiger partial charge >= 0.3 is 5.97 Å². The summed E-state index contributed by atoms with van der Waals surface area (Å²) in [7, 11) is 1.41. The minimum absolute atomic E-state index is 0.0444. The zero-order chi connectivity index (χ0) is 22.9. The molecule has 5 rings (SSSR count). The molecule has 3 heterocycles. The van der Waals surface area contributed by atoms with Crippen LogP contribution < -0.4 is 10.1 Å². The Hall–Kier alpha value is -3.80. The van der Waals surface area contributed by atoms with E-state index in [1.54, 1.807) is 6.20 Å². The lowest BCUT2D eigenvalue weighted by Crippen LogP contribution is -2.09. The van der Waals surface area contributed by atoms with E-state index in [0.717, 1.165) is 39.3 Å². The van der Waals surface area contributed by atoms with Gasteiger partial charge in [0, 0.05) is 46.9 Å². The number of pyridine rings is 1. The summed E-state index contributed by atoms with van der Waals surface area (Å²) in [6.45, 7) is 5.31. The average Bonchev–Trinajstić information content (AvgIpc) is 3.38. The summed E-state index contributed by atoms with van der Waals surface area (Å²) in [5.74, 6) is 1.52. The topological polar surface area (TPSA) is 73.6 Å². The normalized spacial score (nSPS) is 14.7. The predicted molar refractivity (Wildman–Crippen MR) is 128 cm³/mol. The number of furan rings is 1. The van der Waals surface area contributed by atoms with Gasteiger partial charge in [0.1, 0.15) is 11.5 Å². The average molecular weight is 443 g/mol. The number of rotatable bonds is 6. The molecule has 0 amide bonds. The van der Waals surface area contributed by atoms with Crippen molar-refractivity contribution in [2.45, 2.75) is 32.7 Å². The van der Waals surface area contributed by atoms with Crippen molar-refractivity contribution in [3.05, 3.63) is 77.2 Å². The van der Waals surface area contributed by atoms with Gasteiger partial charge in [-0.2, -0.15) is 0 Å². The molecule has 0 saturated heterocycles. The highest BCUT2D eigenvalue weighted by Gasteiger charge is 2.27. The molecule has 0 aliphatic carbocycles. The largest absolute Gasteiger partial charge is 0.493 e. The van der Waals surface area contributed by atoms with Crippen molar-refractivity contribution < 1.29 is 18.7 Å². The van der Waals surface area contributed by atoms with Gasteiger partial charge in [-0.1, -0.05) is 24.3 Å².